The Morgan fingerprint density at radius 3 is 2.18 bits per heavy atom. The molecular weight excluding hydrogens is 580 g/mol. The minimum Gasteiger partial charge on any atom is -0.481 e. The van der Waals surface area contributed by atoms with Gasteiger partial charge in [0.2, 0.25) is 17.7 Å². The van der Waals surface area contributed by atoms with Crippen LogP contribution in [0.1, 0.15) is 76.1 Å². The fraction of sp³-hybridized carbons (Fsp3) is 0.394. The normalized spacial score (nSPS) is 19.3. The number of anilines is 1. The smallest absolute Gasteiger partial charge is 0.352 e. The van der Waals surface area contributed by atoms with Gasteiger partial charge >= 0.3 is 11.9 Å². The van der Waals surface area contributed by atoms with Crippen molar-refractivity contribution in [1.29, 1.82) is 0 Å². The van der Waals surface area contributed by atoms with Crippen molar-refractivity contribution >= 4 is 47.3 Å². The largest absolute Gasteiger partial charge is 0.481 e. The van der Waals surface area contributed by atoms with Crippen molar-refractivity contribution in [3.8, 4) is 0 Å². The predicted octanol–water partition coefficient (Wildman–Crippen LogP) is 3.44. The lowest BCUT2D eigenvalue weighted by Gasteiger charge is -2.31. The Balaban J connectivity index is 1.59. The summed E-state index contributed by atoms with van der Waals surface area (Å²) in [5.41, 5.74) is 0.504. The molecular formula is C33H38N4O8. The van der Waals surface area contributed by atoms with Crippen LogP contribution in [0.3, 0.4) is 0 Å². The van der Waals surface area contributed by atoms with E-state index in [1.165, 1.54) is 22.8 Å². The number of carbonyl (C=O) groups is 6. The Labute approximate surface area is 261 Å². The quantitative estimate of drug-likeness (QED) is 0.262. The number of amides is 4. The van der Waals surface area contributed by atoms with E-state index in [-0.39, 0.29) is 30.4 Å². The Kier molecular flexibility index (Phi) is 10.4. The van der Waals surface area contributed by atoms with E-state index in [0.29, 0.717) is 42.6 Å². The van der Waals surface area contributed by atoms with Gasteiger partial charge in [0.1, 0.15) is 17.9 Å². The number of benzene rings is 2. The Morgan fingerprint density at radius 2 is 1.60 bits per heavy atom. The Morgan fingerprint density at radius 1 is 0.956 bits per heavy atom. The Hall–Kier alpha value is -5.00. The fourth-order valence-electron chi connectivity index (χ4n) is 6.10. The van der Waals surface area contributed by atoms with E-state index in [9.17, 15) is 33.9 Å². The lowest BCUT2D eigenvalue weighted by molar-refractivity contribution is -0.142. The van der Waals surface area contributed by atoms with Gasteiger partial charge in [-0.2, -0.15) is 0 Å². The maximum atomic E-state index is 13.5. The second-order valence-electron chi connectivity index (χ2n) is 11.5. The van der Waals surface area contributed by atoms with Crippen LogP contribution in [0, 0.1) is 5.41 Å². The number of nitrogens with zero attached hydrogens (tertiary/aromatic N) is 2. The minimum atomic E-state index is -1.31. The number of carboxylic acid groups (broad SMARTS) is 2. The van der Waals surface area contributed by atoms with Gasteiger partial charge in [-0.1, -0.05) is 55.3 Å². The second-order valence-corrected chi connectivity index (χ2v) is 11.5. The number of rotatable bonds is 12. The second kappa shape index (κ2) is 14.2. The molecule has 4 N–H and O–H groups in total. The van der Waals surface area contributed by atoms with Crippen molar-refractivity contribution in [3.63, 3.8) is 0 Å². The number of carboxylic acids is 2. The highest BCUT2D eigenvalue weighted by molar-refractivity contribution is 6.04. The number of aliphatic carboxylic acids is 2. The number of nitrogens with one attached hydrogen (secondary N) is 2. The van der Waals surface area contributed by atoms with Crippen molar-refractivity contribution in [2.24, 2.45) is 5.41 Å². The van der Waals surface area contributed by atoms with Crippen LogP contribution in [0.15, 0.2) is 60.3 Å². The molecule has 1 aliphatic carbocycles. The molecule has 2 aliphatic rings. The summed E-state index contributed by atoms with van der Waals surface area (Å²) in [6.07, 6.45) is 3.17. The van der Waals surface area contributed by atoms with E-state index >= 15 is 0 Å². The van der Waals surface area contributed by atoms with E-state index in [1.54, 1.807) is 55.5 Å². The maximum absolute atomic E-state index is 13.5. The van der Waals surface area contributed by atoms with Crippen molar-refractivity contribution in [1.82, 2.24) is 15.5 Å². The average Bonchev–Trinajstić information content (AvgIpc) is 3.59. The van der Waals surface area contributed by atoms with Crippen molar-refractivity contribution in [3.05, 3.63) is 71.4 Å². The molecule has 0 radical (unpaired) electrons. The molecule has 4 amide bonds. The summed E-state index contributed by atoms with van der Waals surface area (Å²) in [5, 5.41) is 24.3. The third kappa shape index (κ3) is 7.57. The summed E-state index contributed by atoms with van der Waals surface area (Å²) < 4.78 is 0. The van der Waals surface area contributed by atoms with E-state index < -0.39 is 41.4 Å². The summed E-state index contributed by atoms with van der Waals surface area (Å²) in [7, 11) is 0. The van der Waals surface area contributed by atoms with E-state index in [2.05, 4.69) is 10.6 Å². The number of carbonyl (C=O) groups excluding carboxylic acids is 4. The van der Waals surface area contributed by atoms with Crippen LogP contribution < -0.4 is 15.5 Å². The molecule has 2 fully saturated rings. The molecule has 1 aliphatic heterocycles. The van der Waals surface area contributed by atoms with Gasteiger partial charge in [-0.25, -0.2) is 4.79 Å². The van der Waals surface area contributed by atoms with Gasteiger partial charge in [-0.3, -0.25) is 28.9 Å². The molecule has 12 nitrogen and oxygen atoms in total. The predicted molar refractivity (Wildman–Crippen MR) is 164 cm³/mol. The van der Waals surface area contributed by atoms with Crippen LogP contribution in [0.25, 0.3) is 6.08 Å². The zero-order valence-electron chi connectivity index (χ0n) is 25.3. The van der Waals surface area contributed by atoms with Crippen molar-refractivity contribution < 1.29 is 39.0 Å². The summed E-state index contributed by atoms with van der Waals surface area (Å²) >= 11 is 0. The molecule has 0 aromatic heterocycles. The zero-order valence-corrected chi connectivity index (χ0v) is 25.3. The third-order valence-electron chi connectivity index (χ3n) is 8.44. The first-order valence-electron chi connectivity index (χ1n) is 15.0. The highest BCUT2D eigenvalue weighted by Gasteiger charge is 2.47. The lowest BCUT2D eigenvalue weighted by Crippen LogP contribution is -2.42. The van der Waals surface area contributed by atoms with Gasteiger partial charge in [-0.05, 0) is 55.5 Å². The molecule has 1 heterocycles. The van der Waals surface area contributed by atoms with Gasteiger partial charge in [-0.15, -0.1) is 0 Å². The number of hydrogen-bond acceptors (Lipinski definition) is 6. The molecule has 238 valence electrons. The Bertz CT molecular complexity index is 1480. The van der Waals surface area contributed by atoms with Crippen molar-refractivity contribution in [2.45, 2.75) is 71.0 Å². The molecule has 1 saturated carbocycles. The fourth-order valence-corrected chi connectivity index (χ4v) is 6.10. The molecule has 0 spiro atoms. The van der Waals surface area contributed by atoms with Gasteiger partial charge in [0.25, 0.3) is 5.91 Å². The zero-order chi connectivity index (χ0) is 32.7. The molecule has 2 unspecified atom stereocenters. The first kappa shape index (κ1) is 32.9. The first-order valence-corrected chi connectivity index (χ1v) is 15.0. The van der Waals surface area contributed by atoms with Crippen LogP contribution in [-0.4, -0.2) is 63.3 Å². The monoisotopic (exact) mass is 618 g/mol. The van der Waals surface area contributed by atoms with Gasteiger partial charge in [0.15, 0.2) is 0 Å². The standard InChI is InChI=1S/C33H38N4O8/c1-21-30(42)37(29(24-8-4-3-5-9-24)36(21)27(39)14-15-28(40)41)25-12-10-23(11-13-25)20-26(31(43)44)35-32(45)33(16-6-7-17-33)18-19-34-22(2)38/h3-5,8-13,20-21,29H,6-7,14-19H2,1-2H3,(H,34,38)(H,35,45)(H,40,41)(H,43,44). The topological polar surface area (TPSA) is 173 Å². The number of hydrogen-bond donors (Lipinski definition) is 4. The third-order valence-corrected chi connectivity index (χ3v) is 8.44. The maximum Gasteiger partial charge on any atom is 0.352 e. The molecule has 4 rings (SSSR count). The molecule has 1 saturated heterocycles. The van der Waals surface area contributed by atoms with Crippen LogP contribution >= 0.6 is 0 Å². The van der Waals surface area contributed by atoms with Crippen LogP contribution in [0.5, 0.6) is 0 Å². The molecule has 2 aromatic carbocycles. The minimum absolute atomic E-state index is 0.198. The molecule has 2 atom stereocenters. The average molecular weight is 619 g/mol. The SMILES string of the molecule is CC(=O)NCCC1(C(=O)NC(=Cc2ccc(N3C(=O)C(C)N(C(=O)CCC(=O)O)C3c3ccccc3)cc2)C(=O)O)CCCC1. The van der Waals surface area contributed by atoms with Crippen LogP contribution in [0.2, 0.25) is 0 Å². The summed E-state index contributed by atoms with van der Waals surface area (Å²) in [5.74, 6) is -3.84. The van der Waals surface area contributed by atoms with Gasteiger partial charge in [0, 0.05) is 25.6 Å². The highest BCUT2D eigenvalue weighted by atomic mass is 16.4. The van der Waals surface area contributed by atoms with Crippen molar-refractivity contribution in [2.75, 3.05) is 11.4 Å². The van der Waals surface area contributed by atoms with Gasteiger partial charge < -0.3 is 25.7 Å². The molecule has 12 heteroatoms. The van der Waals surface area contributed by atoms with Crippen LogP contribution in [-0.2, 0) is 28.8 Å². The summed E-state index contributed by atoms with van der Waals surface area (Å²) in [6.45, 7) is 3.32. The summed E-state index contributed by atoms with van der Waals surface area (Å²) in [6, 6.07) is 14.6. The first-order chi connectivity index (χ1) is 21.4. The lowest BCUT2D eigenvalue weighted by atomic mass is 9.81. The van der Waals surface area contributed by atoms with E-state index in [1.807, 2.05) is 6.07 Å². The molecule has 45 heavy (non-hydrogen) atoms. The molecule has 2 aromatic rings. The highest BCUT2D eigenvalue weighted by Crippen LogP contribution is 2.42. The van der Waals surface area contributed by atoms with E-state index in [0.717, 1.165) is 12.8 Å². The van der Waals surface area contributed by atoms with Gasteiger partial charge in [0.05, 0.1) is 11.8 Å². The van der Waals surface area contributed by atoms with E-state index in [4.69, 9.17) is 5.11 Å². The molecule has 0 bridgehead atoms. The van der Waals surface area contributed by atoms with Crippen LogP contribution in [0.4, 0.5) is 5.69 Å². The summed E-state index contributed by atoms with van der Waals surface area (Å²) in [4.78, 5) is 77.5.